The van der Waals surface area contributed by atoms with Gasteiger partial charge in [0, 0.05) is 16.6 Å². The monoisotopic (exact) mass is 417 g/mol. The van der Waals surface area contributed by atoms with Crippen LogP contribution in [0, 0.1) is 6.92 Å². The van der Waals surface area contributed by atoms with Crippen molar-refractivity contribution < 1.29 is 20.9 Å². The van der Waals surface area contributed by atoms with Gasteiger partial charge in [0.05, 0.1) is 23.7 Å². The summed E-state index contributed by atoms with van der Waals surface area (Å²) in [7, 11) is 0. The van der Waals surface area contributed by atoms with Crippen LogP contribution in [-0.4, -0.2) is 16.0 Å². The number of nitrogens with one attached hydrogen (secondary N) is 1. The number of thiazole rings is 1. The van der Waals surface area contributed by atoms with Crippen LogP contribution in [-0.2, 0) is 17.6 Å². The highest BCUT2D eigenvalue weighted by Crippen LogP contribution is 2.21. The van der Waals surface area contributed by atoms with Gasteiger partial charge >= 0.3 is 0 Å². The van der Waals surface area contributed by atoms with Gasteiger partial charge in [-0.25, -0.2) is 4.98 Å². The van der Waals surface area contributed by atoms with E-state index in [9.17, 15) is 9.90 Å². The number of carbonyl (C=O) groups excluding carboxylic acids is 1. The molecule has 0 unspecified atom stereocenters. The van der Waals surface area contributed by atoms with Crippen molar-refractivity contribution in [1.82, 2.24) is 4.98 Å². The maximum atomic E-state index is 12.2. The van der Waals surface area contributed by atoms with Crippen LogP contribution in [0.1, 0.15) is 58.7 Å². The topological polar surface area (TPSA) is 88.2 Å². The minimum Gasteiger partial charge on any atom is -0.388 e. The number of nitrogen functional groups attached to an aromatic ring is 1. The molecule has 0 aliphatic carbocycles. The molecular formula is C23H27N3O2S. The van der Waals surface area contributed by atoms with Crippen molar-refractivity contribution in [3.63, 3.8) is 0 Å². The molecular weight excluding hydrogens is 382 g/mol. The Morgan fingerprint density at radius 1 is 1.34 bits per heavy atom. The van der Waals surface area contributed by atoms with Crippen LogP contribution in [0.15, 0.2) is 53.8 Å². The Balaban J connectivity index is 1.68. The lowest BCUT2D eigenvalue weighted by Gasteiger charge is -2.11. The third-order valence-corrected chi connectivity index (χ3v) is 4.64. The summed E-state index contributed by atoms with van der Waals surface area (Å²) in [6.45, 7) is 1.40. The first-order valence-electron chi connectivity index (χ1n) is 13.0. The largest absolute Gasteiger partial charge is 0.388 e. The summed E-state index contributed by atoms with van der Waals surface area (Å²) in [5, 5.41) is 15.5. The highest BCUT2D eigenvalue weighted by molar-refractivity contribution is 7.13. The van der Waals surface area contributed by atoms with Gasteiger partial charge in [0.15, 0.2) is 5.13 Å². The second-order valence-electron chi connectivity index (χ2n) is 6.30. The van der Waals surface area contributed by atoms with Crippen LogP contribution in [0.3, 0.4) is 0 Å². The third kappa shape index (κ3) is 6.69. The van der Waals surface area contributed by atoms with Crippen LogP contribution in [0.5, 0.6) is 0 Å². The Labute approximate surface area is 186 Å². The van der Waals surface area contributed by atoms with E-state index in [2.05, 4.69) is 10.3 Å². The first-order chi connectivity index (χ1) is 17.1. The number of aliphatic hydroxyl groups excluding tert-OH is 1. The molecule has 0 bridgehead atoms. The molecule has 4 N–H and O–H groups in total. The molecule has 3 aromatic rings. The fraction of sp³-hybridized carbons (Fsp3) is 0.304. The lowest BCUT2D eigenvalue weighted by Crippen LogP contribution is -2.14. The van der Waals surface area contributed by atoms with E-state index in [1.165, 1.54) is 42.5 Å². The number of amides is 1. The maximum Gasteiger partial charge on any atom is 0.230 e. The summed E-state index contributed by atoms with van der Waals surface area (Å²) in [5.41, 5.74) is 6.48. The van der Waals surface area contributed by atoms with Crippen molar-refractivity contribution in [2.45, 2.75) is 45.0 Å². The fourth-order valence-corrected chi connectivity index (χ4v) is 3.12. The van der Waals surface area contributed by atoms with E-state index in [4.69, 9.17) is 16.7 Å². The Morgan fingerprint density at radius 2 is 2.14 bits per heavy atom. The van der Waals surface area contributed by atoms with Gasteiger partial charge in [-0.3, -0.25) is 4.79 Å². The molecule has 2 aromatic carbocycles. The number of carbonyl (C=O) groups is 1. The molecule has 5 nitrogen and oxygen atoms in total. The van der Waals surface area contributed by atoms with Crippen LogP contribution in [0.25, 0.3) is 0 Å². The van der Waals surface area contributed by atoms with Crippen LogP contribution < -0.4 is 11.1 Å². The van der Waals surface area contributed by atoms with Gasteiger partial charge in [0.1, 0.15) is 0 Å². The highest BCUT2D eigenvalue weighted by atomic mass is 32.1. The Morgan fingerprint density at radius 3 is 2.86 bits per heavy atom. The summed E-state index contributed by atoms with van der Waals surface area (Å²) >= 11 is 1.24. The molecule has 152 valence electrons. The van der Waals surface area contributed by atoms with E-state index < -0.39 is 37.4 Å². The number of aliphatic hydroxyl groups is 1. The van der Waals surface area contributed by atoms with E-state index in [-0.39, 0.29) is 47.5 Å². The molecule has 6 heteroatoms. The molecule has 0 saturated carbocycles. The number of rotatable bonds is 9. The number of aryl methyl sites for hydroxylation is 1. The predicted molar refractivity (Wildman–Crippen MR) is 119 cm³/mol. The smallest absolute Gasteiger partial charge is 0.230 e. The van der Waals surface area contributed by atoms with Crippen molar-refractivity contribution in [3.05, 3.63) is 76.2 Å². The van der Waals surface area contributed by atoms with Gasteiger partial charge in [0.25, 0.3) is 0 Å². The van der Waals surface area contributed by atoms with Gasteiger partial charge in [-0.05, 0) is 49.4 Å². The molecule has 0 aliphatic heterocycles. The molecule has 3 rings (SSSR count). The maximum absolute atomic E-state index is 12.2. The van der Waals surface area contributed by atoms with Crippen molar-refractivity contribution in [3.8, 4) is 0 Å². The summed E-state index contributed by atoms with van der Waals surface area (Å²) in [5.74, 6) is -0.310. The zero-order valence-electron chi connectivity index (χ0n) is 23.9. The third-order valence-electron chi connectivity index (χ3n) is 3.91. The first kappa shape index (κ1) is 12.8. The lowest BCUT2D eigenvalue weighted by molar-refractivity contribution is -0.115. The Hall–Kier alpha value is -2.70. The predicted octanol–water partition coefficient (Wildman–Crippen LogP) is 4.66. The van der Waals surface area contributed by atoms with E-state index in [1.54, 1.807) is 5.38 Å². The standard InChI is InChI=1S/C23H27N3O2S/c1-16-5-4-7-18(13-16)21(27)8-3-2-6-17-9-11-19(12-10-17)25-22(28)14-20-15-29-23(24)26-20/h4-5,7,9-13,15,21,27H,2-3,6,8,14H2,1H3,(H2,24,26)(H,25,28)/t21-/m0/s1/i4D,5D,6D2,7D,8D2,13D. The van der Waals surface area contributed by atoms with Gasteiger partial charge in [-0.1, -0.05) is 48.3 Å². The number of aromatic nitrogens is 1. The second-order valence-corrected chi connectivity index (χ2v) is 7.19. The fourth-order valence-electron chi connectivity index (χ4n) is 2.56. The van der Waals surface area contributed by atoms with E-state index >= 15 is 0 Å². The summed E-state index contributed by atoms with van der Waals surface area (Å²) in [6.07, 6.45) is -7.06. The number of benzene rings is 2. The summed E-state index contributed by atoms with van der Waals surface area (Å²) < 4.78 is 65.3. The van der Waals surface area contributed by atoms with Crippen molar-refractivity contribution >= 4 is 28.1 Å². The quantitative estimate of drug-likeness (QED) is 0.472. The molecule has 1 amide bonds. The number of anilines is 2. The zero-order valence-corrected chi connectivity index (χ0v) is 16.7. The average molecular weight is 418 g/mol. The molecule has 0 radical (unpaired) electrons. The molecule has 0 aliphatic rings. The van der Waals surface area contributed by atoms with Gasteiger partial charge < -0.3 is 16.2 Å². The van der Waals surface area contributed by atoms with Crippen molar-refractivity contribution in [1.29, 1.82) is 0 Å². The molecule has 1 heterocycles. The van der Waals surface area contributed by atoms with Gasteiger partial charge in [-0.2, -0.15) is 0 Å². The van der Waals surface area contributed by atoms with E-state index in [1.807, 2.05) is 0 Å². The molecule has 29 heavy (non-hydrogen) atoms. The highest BCUT2D eigenvalue weighted by Gasteiger charge is 2.08. The first-order valence-corrected chi connectivity index (χ1v) is 9.87. The van der Waals surface area contributed by atoms with Gasteiger partial charge in [-0.15, -0.1) is 11.3 Å². The Bertz CT molecular complexity index is 1270. The minimum absolute atomic E-state index is 0.0412. The number of nitrogens with two attached hydrogens (primary N) is 1. The number of hydrogen-bond acceptors (Lipinski definition) is 5. The minimum atomic E-state index is -2.41. The van der Waals surface area contributed by atoms with E-state index in [0.29, 0.717) is 16.5 Å². The SMILES string of the molecule is [2H]c1c([2H])c(C)c([2H])c([C@@H](O)C([2H])([2H])CCC([2H])([2H])c2ccc(NC(=O)Cc3csc(N)n3)cc2)c1[2H]. The van der Waals surface area contributed by atoms with E-state index in [0.717, 1.165) is 0 Å². The zero-order chi connectivity index (χ0) is 27.7. The lowest BCUT2D eigenvalue weighted by atomic mass is 10.00. The average Bonchev–Trinajstić information content (AvgIpc) is 3.24. The Kier molecular flexibility index (Phi) is 4.49. The summed E-state index contributed by atoms with van der Waals surface area (Å²) in [4.78, 5) is 16.2. The number of hydrogen-bond donors (Lipinski definition) is 3. The van der Waals surface area contributed by atoms with Crippen LogP contribution >= 0.6 is 11.3 Å². The summed E-state index contributed by atoms with van der Waals surface area (Å²) in [6, 6.07) is 4.24. The number of nitrogens with zero attached hydrogens (tertiary/aromatic N) is 1. The van der Waals surface area contributed by atoms with Gasteiger partial charge in [0.2, 0.25) is 5.91 Å². The molecule has 1 aromatic heterocycles. The molecule has 0 saturated heterocycles. The normalized spacial score (nSPS) is 16.9. The van der Waals surface area contributed by atoms with Crippen LogP contribution in [0.4, 0.5) is 10.8 Å². The molecule has 1 atom stereocenters. The van der Waals surface area contributed by atoms with Crippen LogP contribution in [0.2, 0.25) is 0 Å². The second kappa shape index (κ2) is 10.2. The van der Waals surface area contributed by atoms with Crippen molar-refractivity contribution in [2.24, 2.45) is 0 Å². The molecule has 0 fully saturated rings. The molecule has 0 spiro atoms. The van der Waals surface area contributed by atoms with Crippen molar-refractivity contribution in [2.75, 3.05) is 11.1 Å².